The molecule has 0 unspecified atom stereocenters. The molecule has 0 aliphatic heterocycles. The molecule has 4 rings (SSSR count). The van der Waals surface area contributed by atoms with E-state index < -0.39 is 0 Å². The number of carbonyl (C=O) groups excluding carboxylic acids is 1. The number of nitrogens with one attached hydrogen (secondary N) is 1. The third-order valence-corrected chi connectivity index (χ3v) is 5.55. The first-order chi connectivity index (χ1) is 14.6. The maximum atomic E-state index is 12.7. The van der Waals surface area contributed by atoms with Gasteiger partial charge in [0.2, 0.25) is 5.91 Å². The number of rotatable bonds is 7. The first-order valence-electron chi connectivity index (χ1n) is 9.68. The van der Waals surface area contributed by atoms with Crippen molar-refractivity contribution in [2.75, 3.05) is 5.32 Å². The molecule has 0 fully saturated rings. The van der Waals surface area contributed by atoms with Gasteiger partial charge in [-0.2, -0.15) is 0 Å². The molecule has 7 heteroatoms. The average Bonchev–Trinajstić information content (AvgIpc) is 3.24. The van der Waals surface area contributed by atoms with Gasteiger partial charge < -0.3 is 10.1 Å². The van der Waals surface area contributed by atoms with Crippen molar-refractivity contribution in [3.63, 3.8) is 0 Å². The molecule has 4 aromatic rings. The fraction of sp³-hybridized carbons (Fsp3) is 0.174. The van der Waals surface area contributed by atoms with E-state index in [0.29, 0.717) is 22.1 Å². The number of hydrogen-bond acceptors (Lipinski definition) is 5. The van der Waals surface area contributed by atoms with E-state index in [9.17, 15) is 9.59 Å². The van der Waals surface area contributed by atoms with Gasteiger partial charge in [0.1, 0.15) is 12.4 Å². The van der Waals surface area contributed by atoms with Gasteiger partial charge in [0.05, 0.1) is 11.6 Å². The van der Waals surface area contributed by atoms with Crippen LogP contribution in [0.1, 0.15) is 30.5 Å². The predicted octanol–water partition coefficient (Wildman–Crippen LogP) is 4.47. The minimum Gasteiger partial charge on any atom is -0.487 e. The highest BCUT2D eigenvalue weighted by atomic mass is 32.1. The summed E-state index contributed by atoms with van der Waals surface area (Å²) >= 11 is 1.40. The number of anilines is 1. The Labute approximate surface area is 177 Å². The summed E-state index contributed by atoms with van der Waals surface area (Å²) in [6.45, 7) is 2.20. The summed E-state index contributed by atoms with van der Waals surface area (Å²) in [5.74, 6) is 0.405. The number of fused-ring (bicyclic) bond motifs is 1. The number of nitrogens with zero attached hydrogens (tertiary/aromatic N) is 2. The highest BCUT2D eigenvalue weighted by Crippen LogP contribution is 2.23. The molecule has 0 spiro atoms. The van der Waals surface area contributed by atoms with Crippen LogP contribution in [-0.2, 0) is 11.4 Å². The quantitative estimate of drug-likeness (QED) is 0.480. The Hall–Kier alpha value is -3.45. The average molecular weight is 420 g/mol. The van der Waals surface area contributed by atoms with Crippen molar-refractivity contribution in [1.29, 1.82) is 0 Å². The Morgan fingerprint density at radius 1 is 1.17 bits per heavy atom. The summed E-state index contributed by atoms with van der Waals surface area (Å²) in [7, 11) is 0. The van der Waals surface area contributed by atoms with Crippen LogP contribution in [0.5, 0.6) is 5.75 Å². The van der Waals surface area contributed by atoms with Crippen molar-refractivity contribution in [3.05, 3.63) is 93.9 Å². The number of ether oxygens (including phenoxy) is 1. The SMILES string of the molecule is CC[C@@H](C(=O)Nc1ccc(OCc2cc(=O)n3ccsc3n2)cc1)c1ccccc1. The smallest absolute Gasteiger partial charge is 0.258 e. The summed E-state index contributed by atoms with van der Waals surface area (Å²) in [6.07, 6.45) is 2.42. The van der Waals surface area contributed by atoms with E-state index in [4.69, 9.17) is 4.74 Å². The molecule has 0 aliphatic carbocycles. The Morgan fingerprint density at radius 3 is 2.67 bits per heavy atom. The number of amides is 1. The van der Waals surface area contributed by atoms with Crippen LogP contribution in [0.2, 0.25) is 0 Å². The lowest BCUT2D eigenvalue weighted by Gasteiger charge is -2.15. The van der Waals surface area contributed by atoms with Crippen LogP contribution in [0.15, 0.2) is 77.0 Å². The van der Waals surface area contributed by atoms with Crippen LogP contribution in [0, 0.1) is 0 Å². The number of aromatic nitrogens is 2. The fourth-order valence-electron chi connectivity index (χ4n) is 3.24. The molecule has 0 saturated heterocycles. The van der Waals surface area contributed by atoms with Crippen molar-refractivity contribution < 1.29 is 9.53 Å². The maximum absolute atomic E-state index is 12.7. The van der Waals surface area contributed by atoms with Crippen LogP contribution < -0.4 is 15.6 Å². The summed E-state index contributed by atoms with van der Waals surface area (Å²) in [5.41, 5.74) is 2.16. The molecule has 2 heterocycles. The second kappa shape index (κ2) is 8.92. The molecule has 0 bridgehead atoms. The molecule has 2 aromatic carbocycles. The molecule has 1 N–H and O–H groups in total. The summed E-state index contributed by atoms with van der Waals surface area (Å²) in [5, 5.41) is 4.79. The fourth-order valence-corrected chi connectivity index (χ4v) is 3.98. The number of hydrogen-bond donors (Lipinski definition) is 1. The van der Waals surface area contributed by atoms with E-state index >= 15 is 0 Å². The van der Waals surface area contributed by atoms with Crippen LogP contribution in [-0.4, -0.2) is 15.3 Å². The Morgan fingerprint density at radius 2 is 1.93 bits per heavy atom. The highest BCUT2D eigenvalue weighted by molar-refractivity contribution is 7.15. The van der Waals surface area contributed by atoms with Gasteiger partial charge in [0, 0.05) is 23.3 Å². The number of thiazole rings is 1. The van der Waals surface area contributed by atoms with Crippen molar-refractivity contribution in [1.82, 2.24) is 9.38 Å². The molecule has 30 heavy (non-hydrogen) atoms. The van der Waals surface area contributed by atoms with Crippen molar-refractivity contribution >= 4 is 27.9 Å². The van der Waals surface area contributed by atoms with E-state index in [2.05, 4.69) is 10.3 Å². The van der Waals surface area contributed by atoms with Gasteiger partial charge in [-0.1, -0.05) is 37.3 Å². The topological polar surface area (TPSA) is 72.7 Å². The molecule has 1 atom stereocenters. The van der Waals surface area contributed by atoms with Crippen LogP contribution >= 0.6 is 11.3 Å². The van der Waals surface area contributed by atoms with Crippen molar-refractivity contribution in [3.8, 4) is 5.75 Å². The second-order valence-electron chi connectivity index (χ2n) is 6.82. The van der Waals surface area contributed by atoms with E-state index in [0.717, 1.165) is 12.0 Å². The van der Waals surface area contributed by atoms with Crippen LogP contribution in [0.25, 0.3) is 4.96 Å². The third-order valence-electron chi connectivity index (χ3n) is 4.79. The van der Waals surface area contributed by atoms with Crippen molar-refractivity contribution in [2.24, 2.45) is 0 Å². The van der Waals surface area contributed by atoms with E-state index in [-0.39, 0.29) is 24.0 Å². The van der Waals surface area contributed by atoms with Gasteiger partial charge in [0.15, 0.2) is 4.96 Å². The van der Waals surface area contributed by atoms with Gasteiger partial charge >= 0.3 is 0 Å². The predicted molar refractivity (Wildman–Crippen MR) is 118 cm³/mol. The van der Waals surface area contributed by atoms with Gasteiger partial charge in [-0.3, -0.25) is 14.0 Å². The van der Waals surface area contributed by atoms with Crippen LogP contribution in [0.4, 0.5) is 5.69 Å². The Bertz CT molecular complexity index is 1200. The second-order valence-corrected chi connectivity index (χ2v) is 7.69. The van der Waals surface area contributed by atoms with Crippen molar-refractivity contribution in [2.45, 2.75) is 25.9 Å². The number of benzene rings is 2. The molecule has 1 amide bonds. The molecule has 2 aromatic heterocycles. The lowest BCUT2D eigenvalue weighted by molar-refractivity contribution is -0.117. The zero-order valence-corrected chi connectivity index (χ0v) is 17.3. The summed E-state index contributed by atoms with van der Waals surface area (Å²) in [6, 6.07) is 18.4. The van der Waals surface area contributed by atoms with Gasteiger partial charge in [-0.15, -0.1) is 11.3 Å². The number of carbonyl (C=O) groups is 1. The molecule has 0 radical (unpaired) electrons. The molecule has 0 saturated carbocycles. The monoisotopic (exact) mass is 419 g/mol. The molecular formula is C23H21N3O3S. The van der Waals surface area contributed by atoms with Gasteiger partial charge in [-0.25, -0.2) is 4.98 Å². The Balaban J connectivity index is 1.38. The third kappa shape index (κ3) is 4.41. The lowest BCUT2D eigenvalue weighted by Crippen LogP contribution is -2.20. The molecular weight excluding hydrogens is 398 g/mol. The first kappa shape index (κ1) is 19.8. The van der Waals surface area contributed by atoms with Crippen LogP contribution in [0.3, 0.4) is 0 Å². The highest BCUT2D eigenvalue weighted by Gasteiger charge is 2.18. The van der Waals surface area contributed by atoms with E-state index in [1.807, 2.05) is 42.6 Å². The minimum absolute atomic E-state index is 0.0358. The van der Waals surface area contributed by atoms with Gasteiger partial charge in [0.25, 0.3) is 5.56 Å². The minimum atomic E-state index is -0.195. The van der Waals surface area contributed by atoms with E-state index in [1.165, 1.54) is 21.8 Å². The Kier molecular flexibility index (Phi) is 5.90. The van der Waals surface area contributed by atoms with E-state index in [1.54, 1.807) is 30.5 Å². The normalized spacial score (nSPS) is 11.9. The summed E-state index contributed by atoms with van der Waals surface area (Å²) in [4.78, 5) is 29.8. The zero-order valence-electron chi connectivity index (χ0n) is 16.4. The summed E-state index contributed by atoms with van der Waals surface area (Å²) < 4.78 is 7.26. The lowest BCUT2D eigenvalue weighted by atomic mass is 9.95. The molecule has 152 valence electrons. The first-order valence-corrected chi connectivity index (χ1v) is 10.6. The van der Waals surface area contributed by atoms with Gasteiger partial charge in [-0.05, 0) is 36.2 Å². The zero-order chi connectivity index (χ0) is 20.9. The standard InChI is InChI=1S/C23H21N3O3S/c1-2-20(16-6-4-3-5-7-16)22(28)24-17-8-10-19(11-9-17)29-15-18-14-21(27)26-12-13-30-23(26)25-18/h3-14,20H,2,15H2,1H3,(H,24,28)/t20-/m1/s1. The molecule has 0 aliphatic rings. The maximum Gasteiger partial charge on any atom is 0.258 e. The largest absolute Gasteiger partial charge is 0.487 e. The molecule has 6 nitrogen and oxygen atoms in total.